The molecular weight excluding hydrogens is 166 g/mol. The van der Waals surface area contributed by atoms with Gasteiger partial charge in [0.25, 0.3) is 0 Å². The Labute approximate surface area is 80.0 Å². The second kappa shape index (κ2) is 5.75. The van der Waals surface area contributed by atoms with E-state index >= 15 is 0 Å². The van der Waals surface area contributed by atoms with E-state index in [1.54, 1.807) is 0 Å². The lowest BCUT2D eigenvalue weighted by molar-refractivity contribution is -0.132. The molecule has 0 aliphatic rings. The fraction of sp³-hybridized carbons (Fsp3) is 0.700. The third-order valence-electron chi connectivity index (χ3n) is 2.32. The Morgan fingerprint density at radius 1 is 1.54 bits per heavy atom. The van der Waals surface area contributed by atoms with Gasteiger partial charge < -0.3 is 5.11 Å². The Hall–Kier alpha value is -0.830. The first-order chi connectivity index (χ1) is 6.02. The van der Waals surface area contributed by atoms with Crippen LogP contribution in [0.25, 0.3) is 0 Å². The second-order valence-corrected chi connectivity index (χ2v) is 3.23. The second-order valence-electron chi connectivity index (χ2n) is 3.23. The molecule has 3 heteroatoms. The lowest BCUT2D eigenvalue weighted by Crippen LogP contribution is -2.35. The van der Waals surface area contributed by atoms with Crippen LogP contribution in [0.1, 0.15) is 27.2 Å². The maximum atomic E-state index is 10.5. The van der Waals surface area contributed by atoms with E-state index in [2.05, 4.69) is 25.3 Å². The van der Waals surface area contributed by atoms with Gasteiger partial charge in [-0.1, -0.05) is 20.4 Å². The summed E-state index contributed by atoms with van der Waals surface area (Å²) in [5, 5.41) is 8.65. The van der Waals surface area contributed by atoms with Gasteiger partial charge >= 0.3 is 5.97 Å². The maximum Gasteiger partial charge on any atom is 0.332 e. The monoisotopic (exact) mass is 185 g/mol. The third-order valence-corrected chi connectivity index (χ3v) is 2.32. The highest BCUT2D eigenvalue weighted by Gasteiger charge is 2.13. The molecule has 3 nitrogen and oxygen atoms in total. The zero-order chi connectivity index (χ0) is 10.4. The molecule has 0 heterocycles. The minimum atomic E-state index is -0.901. The van der Waals surface area contributed by atoms with E-state index in [1.807, 2.05) is 6.92 Å². The number of nitrogens with zero attached hydrogens (tertiary/aromatic N) is 1. The Balaban J connectivity index is 4.12. The van der Waals surface area contributed by atoms with E-state index in [4.69, 9.17) is 5.11 Å². The van der Waals surface area contributed by atoms with E-state index in [9.17, 15) is 4.79 Å². The van der Waals surface area contributed by atoms with Crippen molar-refractivity contribution in [2.75, 3.05) is 13.1 Å². The van der Waals surface area contributed by atoms with Crippen LogP contribution in [0.2, 0.25) is 0 Å². The molecular formula is C10H19NO2. The van der Waals surface area contributed by atoms with Crippen LogP contribution in [0.4, 0.5) is 0 Å². The first kappa shape index (κ1) is 12.2. The summed E-state index contributed by atoms with van der Waals surface area (Å²) in [6, 6.07) is 0.418. The van der Waals surface area contributed by atoms with Gasteiger partial charge in [-0.15, -0.1) is 0 Å². The van der Waals surface area contributed by atoms with Crippen LogP contribution in [0.15, 0.2) is 12.2 Å². The van der Waals surface area contributed by atoms with Gasteiger partial charge in [-0.3, -0.25) is 4.90 Å². The van der Waals surface area contributed by atoms with Gasteiger partial charge in [0.15, 0.2) is 0 Å². The van der Waals surface area contributed by atoms with E-state index in [-0.39, 0.29) is 5.57 Å². The molecule has 1 atom stereocenters. The molecule has 0 radical (unpaired) electrons. The summed E-state index contributed by atoms with van der Waals surface area (Å²) in [6.45, 7) is 11.1. The Morgan fingerprint density at radius 3 is 2.38 bits per heavy atom. The number of aliphatic carboxylic acids is 1. The van der Waals surface area contributed by atoms with Crippen LogP contribution in [0.5, 0.6) is 0 Å². The number of hydrogen-bond donors (Lipinski definition) is 1. The minimum absolute atomic E-state index is 0.266. The highest BCUT2D eigenvalue weighted by atomic mass is 16.4. The number of likely N-dealkylation sites (N-methyl/N-ethyl adjacent to an activating group) is 1. The van der Waals surface area contributed by atoms with Crippen molar-refractivity contribution in [1.29, 1.82) is 0 Å². The predicted molar refractivity (Wildman–Crippen MR) is 53.8 cm³/mol. The van der Waals surface area contributed by atoms with E-state index in [0.717, 1.165) is 13.0 Å². The van der Waals surface area contributed by atoms with Crippen molar-refractivity contribution in [3.8, 4) is 0 Å². The van der Waals surface area contributed by atoms with Gasteiger partial charge in [0.2, 0.25) is 0 Å². The molecule has 0 amide bonds. The summed E-state index contributed by atoms with van der Waals surface area (Å²) in [4.78, 5) is 12.6. The highest BCUT2D eigenvalue weighted by Crippen LogP contribution is 2.05. The molecule has 0 aliphatic carbocycles. The SMILES string of the molecule is C=C(CN(CC)C(C)CC)C(=O)O. The lowest BCUT2D eigenvalue weighted by atomic mass is 10.2. The molecule has 13 heavy (non-hydrogen) atoms. The van der Waals surface area contributed by atoms with Crippen molar-refractivity contribution >= 4 is 5.97 Å². The largest absolute Gasteiger partial charge is 0.478 e. The first-order valence-electron chi connectivity index (χ1n) is 4.68. The number of hydrogen-bond acceptors (Lipinski definition) is 2. The first-order valence-corrected chi connectivity index (χ1v) is 4.68. The van der Waals surface area contributed by atoms with Crippen LogP contribution < -0.4 is 0 Å². The van der Waals surface area contributed by atoms with Crippen molar-refractivity contribution < 1.29 is 9.90 Å². The molecule has 0 spiro atoms. The zero-order valence-corrected chi connectivity index (χ0v) is 8.71. The average molecular weight is 185 g/mol. The van der Waals surface area contributed by atoms with Crippen LogP contribution in [0, 0.1) is 0 Å². The normalized spacial score (nSPS) is 12.9. The summed E-state index contributed by atoms with van der Waals surface area (Å²) in [7, 11) is 0. The lowest BCUT2D eigenvalue weighted by Gasteiger charge is -2.26. The van der Waals surface area contributed by atoms with Gasteiger partial charge in [-0.2, -0.15) is 0 Å². The number of carboxylic acid groups (broad SMARTS) is 1. The molecule has 0 rings (SSSR count). The molecule has 0 aliphatic heterocycles. The number of carboxylic acids is 1. The van der Waals surface area contributed by atoms with Gasteiger partial charge in [0.1, 0.15) is 0 Å². The predicted octanol–water partition coefficient (Wildman–Crippen LogP) is 1.75. The summed E-state index contributed by atoms with van der Waals surface area (Å²) in [6.07, 6.45) is 1.03. The van der Waals surface area contributed by atoms with Gasteiger partial charge in [0.05, 0.1) is 0 Å². The van der Waals surface area contributed by atoms with Crippen molar-refractivity contribution in [3.63, 3.8) is 0 Å². The minimum Gasteiger partial charge on any atom is -0.478 e. The number of rotatable bonds is 6. The van der Waals surface area contributed by atoms with Gasteiger partial charge in [-0.25, -0.2) is 4.79 Å². The molecule has 0 fully saturated rings. The molecule has 0 saturated carbocycles. The topological polar surface area (TPSA) is 40.5 Å². The van der Waals surface area contributed by atoms with E-state index in [1.165, 1.54) is 0 Å². The van der Waals surface area contributed by atoms with E-state index < -0.39 is 5.97 Å². The van der Waals surface area contributed by atoms with Crippen molar-refractivity contribution in [1.82, 2.24) is 4.90 Å². The molecule has 1 N–H and O–H groups in total. The summed E-state index contributed by atoms with van der Waals surface area (Å²) < 4.78 is 0. The fourth-order valence-electron chi connectivity index (χ4n) is 1.15. The van der Waals surface area contributed by atoms with Gasteiger partial charge in [-0.05, 0) is 19.9 Å². The van der Waals surface area contributed by atoms with Gasteiger partial charge in [0, 0.05) is 18.2 Å². The molecule has 76 valence electrons. The molecule has 0 bridgehead atoms. The molecule has 0 aromatic heterocycles. The Morgan fingerprint density at radius 2 is 2.08 bits per heavy atom. The maximum absolute atomic E-state index is 10.5. The zero-order valence-electron chi connectivity index (χ0n) is 8.71. The smallest absolute Gasteiger partial charge is 0.332 e. The van der Waals surface area contributed by atoms with E-state index in [0.29, 0.717) is 12.6 Å². The Bertz CT molecular complexity index is 189. The average Bonchev–Trinajstić information content (AvgIpc) is 2.12. The molecule has 0 aromatic rings. The van der Waals surface area contributed by atoms with Crippen LogP contribution in [0.3, 0.4) is 0 Å². The van der Waals surface area contributed by atoms with Crippen LogP contribution in [-0.2, 0) is 4.79 Å². The number of carbonyl (C=O) groups is 1. The summed E-state index contributed by atoms with van der Waals surface area (Å²) in [5.41, 5.74) is 0.266. The van der Waals surface area contributed by atoms with Crippen molar-refractivity contribution in [2.24, 2.45) is 0 Å². The molecule has 0 saturated heterocycles. The summed E-state index contributed by atoms with van der Waals surface area (Å²) in [5.74, 6) is -0.901. The standard InChI is InChI=1S/C10H19NO2/c1-5-9(4)11(6-2)7-8(3)10(12)13/h9H,3,5-7H2,1-2,4H3,(H,12,13). The fourth-order valence-corrected chi connectivity index (χ4v) is 1.15. The van der Waals surface area contributed by atoms with Crippen LogP contribution >= 0.6 is 0 Å². The molecule has 0 aromatic carbocycles. The highest BCUT2D eigenvalue weighted by molar-refractivity contribution is 5.86. The molecule has 1 unspecified atom stereocenters. The summed E-state index contributed by atoms with van der Waals surface area (Å²) >= 11 is 0. The van der Waals surface area contributed by atoms with Crippen molar-refractivity contribution in [2.45, 2.75) is 33.2 Å². The quantitative estimate of drug-likeness (QED) is 0.641. The third kappa shape index (κ3) is 4.08. The van der Waals surface area contributed by atoms with Crippen LogP contribution in [-0.4, -0.2) is 35.1 Å². The van der Waals surface area contributed by atoms with Crippen molar-refractivity contribution in [3.05, 3.63) is 12.2 Å². The Kier molecular flexibility index (Phi) is 5.39.